The quantitative estimate of drug-likeness (QED) is 0.485. The Balaban J connectivity index is 1.32. The summed E-state index contributed by atoms with van der Waals surface area (Å²) in [5.41, 5.74) is 8.32. The lowest BCUT2D eigenvalue weighted by atomic mass is 9.94. The van der Waals surface area contributed by atoms with Crippen molar-refractivity contribution in [2.24, 2.45) is 0 Å². The molecule has 2 aromatic rings. The lowest BCUT2D eigenvalue weighted by Crippen LogP contribution is -2.44. The number of rotatable bonds is 7. The fourth-order valence-corrected chi connectivity index (χ4v) is 6.25. The summed E-state index contributed by atoms with van der Waals surface area (Å²) < 4.78 is 5.51. The molecule has 1 amide bonds. The lowest BCUT2D eigenvalue weighted by Gasteiger charge is -2.35. The van der Waals surface area contributed by atoms with E-state index in [1.54, 1.807) is 26.2 Å². The molecule has 4 atom stereocenters. The molecule has 1 saturated heterocycles. The fourth-order valence-electron chi connectivity index (χ4n) is 6.25. The molecule has 1 aliphatic heterocycles. The maximum atomic E-state index is 13.0. The number of aryl methyl sites for hydroxylation is 1. The summed E-state index contributed by atoms with van der Waals surface area (Å²) in [6.45, 7) is 2.25. The van der Waals surface area contributed by atoms with Crippen LogP contribution in [0.1, 0.15) is 109 Å². The first-order valence-corrected chi connectivity index (χ1v) is 13.9. The fraction of sp³-hybridized carbons (Fsp3) is 0.567. The van der Waals surface area contributed by atoms with Gasteiger partial charge in [-0.25, -0.2) is 0 Å². The minimum absolute atomic E-state index is 0.00766. The second-order valence-corrected chi connectivity index (χ2v) is 10.8. The molecule has 0 bridgehead atoms. The monoisotopic (exact) mass is 507 g/mol. The summed E-state index contributed by atoms with van der Waals surface area (Å²) >= 11 is 0. The zero-order valence-electron chi connectivity index (χ0n) is 22.1. The van der Waals surface area contributed by atoms with Gasteiger partial charge in [0.2, 0.25) is 0 Å². The van der Waals surface area contributed by atoms with Crippen LogP contribution < -0.4 is 10.8 Å². The van der Waals surface area contributed by atoms with Crippen LogP contribution in [0.15, 0.2) is 42.5 Å². The first-order chi connectivity index (χ1) is 18.0. The molecule has 5 rings (SSSR count). The third-order valence-corrected chi connectivity index (χ3v) is 8.25. The van der Waals surface area contributed by atoms with Crippen LogP contribution in [0.5, 0.6) is 0 Å². The zero-order valence-corrected chi connectivity index (χ0v) is 22.1. The van der Waals surface area contributed by atoms with Crippen molar-refractivity contribution < 1.29 is 19.5 Å². The summed E-state index contributed by atoms with van der Waals surface area (Å²) in [4.78, 5) is 21.5. The number of ether oxygens (including phenoxy) is 1. The van der Waals surface area contributed by atoms with E-state index < -0.39 is 6.10 Å². The minimum atomic E-state index is -0.600. The number of hydrogen-bond acceptors (Lipinski definition) is 6. The molecule has 7 nitrogen and oxygen atoms in total. The first-order valence-electron chi connectivity index (χ1n) is 13.9. The third kappa shape index (κ3) is 5.91. The van der Waals surface area contributed by atoms with Gasteiger partial charge in [0.1, 0.15) is 6.17 Å². The Labute approximate surface area is 220 Å². The maximum absolute atomic E-state index is 13.0. The Hall–Kier alpha value is -2.29. The summed E-state index contributed by atoms with van der Waals surface area (Å²) in [7, 11) is 1.73. The van der Waals surface area contributed by atoms with Gasteiger partial charge in [0.05, 0.1) is 18.8 Å². The molecule has 1 heterocycles. The van der Waals surface area contributed by atoms with Crippen LogP contribution in [-0.4, -0.2) is 41.9 Å². The van der Waals surface area contributed by atoms with Gasteiger partial charge in [-0.2, -0.15) is 5.48 Å². The number of nitrogens with one attached hydrogen (secondary N) is 2. The Kier molecular flexibility index (Phi) is 8.57. The van der Waals surface area contributed by atoms with Gasteiger partial charge in [0.25, 0.3) is 5.91 Å². The molecule has 0 radical (unpaired) electrons. The van der Waals surface area contributed by atoms with Crippen molar-refractivity contribution in [1.29, 1.82) is 0 Å². The van der Waals surface area contributed by atoms with Crippen molar-refractivity contribution in [2.45, 2.75) is 95.3 Å². The van der Waals surface area contributed by atoms with Gasteiger partial charge in [0.15, 0.2) is 6.23 Å². The van der Waals surface area contributed by atoms with Crippen molar-refractivity contribution in [2.75, 3.05) is 13.7 Å². The number of nitrogens with zero attached hydrogens (tertiary/aromatic N) is 1. The van der Waals surface area contributed by atoms with E-state index in [4.69, 9.17) is 9.57 Å². The van der Waals surface area contributed by atoms with E-state index in [9.17, 15) is 9.90 Å². The first kappa shape index (κ1) is 26.3. The number of hydrogen-bond donors (Lipinski definition) is 3. The molecule has 3 aliphatic rings. The van der Waals surface area contributed by atoms with Crippen LogP contribution in [-0.2, 0) is 16.0 Å². The highest BCUT2D eigenvalue weighted by molar-refractivity contribution is 5.94. The predicted octanol–water partition coefficient (Wildman–Crippen LogP) is 5.08. The van der Waals surface area contributed by atoms with E-state index in [2.05, 4.69) is 33.9 Å². The van der Waals surface area contributed by atoms with E-state index in [0.717, 1.165) is 18.4 Å². The topological polar surface area (TPSA) is 83.1 Å². The van der Waals surface area contributed by atoms with E-state index in [-0.39, 0.29) is 24.3 Å². The summed E-state index contributed by atoms with van der Waals surface area (Å²) in [5.74, 6) is -0.104. The van der Waals surface area contributed by atoms with Crippen molar-refractivity contribution in [3.05, 3.63) is 70.3 Å². The number of carbonyl (C=O) groups excluding carboxylic acids is 1. The number of aliphatic hydroxyl groups excluding tert-OH is 1. The molecular formula is C30H41N3O4. The average Bonchev–Trinajstić information content (AvgIpc) is 3.48. The Morgan fingerprint density at radius 1 is 1.14 bits per heavy atom. The minimum Gasteiger partial charge on any atom is -0.389 e. The van der Waals surface area contributed by atoms with Gasteiger partial charge in [-0.3, -0.25) is 14.5 Å². The predicted molar refractivity (Wildman–Crippen MR) is 143 cm³/mol. The molecule has 2 aliphatic carbocycles. The molecule has 2 fully saturated rings. The Morgan fingerprint density at radius 2 is 1.92 bits per heavy atom. The van der Waals surface area contributed by atoms with Crippen LogP contribution in [0.3, 0.4) is 0 Å². The normalized spacial score (nSPS) is 25.9. The van der Waals surface area contributed by atoms with Crippen molar-refractivity contribution in [3.8, 4) is 0 Å². The number of methoxy groups -OCH3 is 1. The number of carbonyl (C=O) groups is 1. The number of fused-ring (bicyclic) bond motifs is 1. The molecule has 0 aromatic heterocycles. The number of benzene rings is 2. The van der Waals surface area contributed by atoms with Crippen LogP contribution >= 0.6 is 0 Å². The van der Waals surface area contributed by atoms with Crippen molar-refractivity contribution in [1.82, 2.24) is 15.7 Å². The average molecular weight is 508 g/mol. The van der Waals surface area contributed by atoms with E-state index in [0.29, 0.717) is 18.2 Å². The third-order valence-electron chi connectivity index (χ3n) is 8.25. The van der Waals surface area contributed by atoms with E-state index >= 15 is 0 Å². The highest BCUT2D eigenvalue weighted by Crippen LogP contribution is 2.38. The second kappa shape index (κ2) is 12.0. The molecule has 1 saturated carbocycles. The van der Waals surface area contributed by atoms with E-state index in [1.165, 1.54) is 61.6 Å². The Bertz CT molecular complexity index is 1070. The van der Waals surface area contributed by atoms with Gasteiger partial charge in [-0.15, -0.1) is 0 Å². The smallest absolute Gasteiger partial charge is 0.251 e. The largest absolute Gasteiger partial charge is 0.389 e. The molecule has 0 spiro atoms. The molecule has 7 heteroatoms. The van der Waals surface area contributed by atoms with Crippen LogP contribution in [0.2, 0.25) is 0 Å². The van der Waals surface area contributed by atoms with Gasteiger partial charge in [0, 0.05) is 18.7 Å². The standard InChI is InChI=1S/C30H41N3O4/c1-20(34)21-9-8-10-24(17-21)30(35)31-27-16-14-22-18-23(13-15-26(22)27)29-32-37-28(19-36-2)33(29)25-11-6-4-3-5-7-12-25/h8-10,13,15,17-18,20,25,27-29,32,34H,3-7,11-12,14,16,19H2,1-2H3,(H,31,35)/t20-,27+,28?,29?/m0/s1. The van der Waals surface area contributed by atoms with Gasteiger partial charge in [-0.05, 0) is 67.0 Å². The van der Waals surface area contributed by atoms with Crippen LogP contribution in [0.4, 0.5) is 0 Å². The second-order valence-electron chi connectivity index (χ2n) is 10.8. The molecule has 2 aromatic carbocycles. The molecule has 3 N–H and O–H groups in total. The molecule has 2 unspecified atom stereocenters. The zero-order chi connectivity index (χ0) is 25.8. The van der Waals surface area contributed by atoms with Crippen LogP contribution in [0, 0.1) is 0 Å². The Morgan fingerprint density at radius 3 is 2.68 bits per heavy atom. The molecular weight excluding hydrogens is 466 g/mol. The summed E-state index contributed by atoms with van der Waals surface area (Å²) in [6.07, 6.45) is 9.99. The molecule has 37 heavy (non-hydrogen) atoms. The number of hydroxylamine groups is 1. The van der Waals surface area contributed by atoms with Gasteiger partial charge < -0.3 is 15.2 Å². The number of aliphatic hydroxyl groups is 1. The van der Waals surface area contributed by atoms with Crippen LogP contribution in [0.25, 0.3) is 0 Å². The van der Waals surface area contributed by atoms with Crippen molar-refractivity contribution >= 4 is 5.91 Å². The maximum Gasteiger partial charge on any atom is 0.251 e. The van der Waals surface area contributed by atoms with Crippen molar-refractivity contribution in [3.63, 3.8) is 0 Å². The highest BCUT2D eigenvalue weighted by Gasteiger charge is 2.40. The number of amides is 1. The van der Waals surface area contributed by atoms with E-state index in [1.807, 2.05) is 12.1 Å². The summed E-state index contributed by atoms with van der Waals surface area (Å²) in [5, 5.41) is 13.1. The highest BCUT2D eigenvalue weighted by atomic mass is 16.7. The van der Waals surface area contributed by atoms with Gasteiger partial charge >= 0.3 is 0 Å². The summed E-state index contributed by atoms with van der Waals surface area (Å²) in [6, 6.07) is 14.3. The van der Waals surface area contributed by atoms with Gasteiger partial charge in [-0.1, -0.05) is 62.4 Å². The lowest BCUT2D eigenvalue weighted by molar-refractivity contribution is -0.0670. The SMILES string of the molecule is COCC1ONC(c2ccc3c(c2)CC[C@H]3NC(=O)c2cccc([C@H](C)O)c2)N1C1CCCCCCC1. The molecule has 200 valence electrons.